The van der Waals surface area contributed by atoms with E-state index in [0.29, 0.717) is 6.42 Å². The molecule has 0 amide bonds. The third-order valence-corrected chi connectivity index (χ3v) is 3.88. The van der Waals surface area contributed by atoms with Gasteiger partial charge in [-0.1, -0.05) is 49.0 Å². The van der Waals surface area contributed by atoms with Crippen molar-refractivity contribution in [2.45, 2.75) is 58.9 Å². The Morgan fingerprint density at radius 2 is 1.64 bits per heavy atom. The molecule has 1 rings (SSSR count). The van der Waals surface area contributed by atoms with Crippen LogP contribution < -0.4 is 5.73 Å². The molecule has 3 nitrogen and oxygen atoms in total. The molecule has 1 unspecified atom stereocenters. The molecule has 4 heteroatoms. The summed E-state index contributed by atoms with van der Waals surface area (Å²) in [5.74, 6) is -0.306. The molecular weight excluding hydrogens is 273 g/mol. The molecule has 0 aliphatic carbocycles. The molecule has 0 aromatic heterocycles. The first-order valence-corrected chi connectivity index (χ1v) is 7.69. The summed E-state index contributed by atoms with van der Waals surface area (Å²) in [5.41, 5.74) is 6.46. The van der Waals surface area contributed by atoms with E-state index < -0.39 is 16.3 Å². The summed E-state index contributed by atoms with van der Waals surface area (Å²) in [7, 11) is 6.06. The molecule has 0 aliphatic rings. The molecule has 0 fully saturated rings. The van der Waals surface area contributed by atoms with Gasteiger partial charge in [0.1, 0.15) is 5.60 Å². The minimum absolute atomic E-state index is 0.205. The minimum atomic E-state index is -0.791. The van der Waals surface area contributed by atoms with Crippen LogP contribution in [0.15, 0.2) is 24.3 Å². The van der Waals surface area contributed by atoms with Crippen LogP contribution in [0.25, 0.3) is 0 Å². The molecule has 120 valence electrons. The maximum Gasteiger partial charge on any atom is 0.313 e. The third-order valence-electron chi connectivity index (χ3n) is 3.88. The molecule has 0 heterocycles. The number of rotatable bonds is 6. The first-order valence-electron chi connectivity index (χ1n) is 7.69. The number of carbonyl (C=O) groups excluding carboxylic acids is 1. The van der Waals surface area contributed by atoms with Gasteiger partial charge in [-0.2, -0.15) is 0 Å². The highest BCUT2D eigenvalue weighted by Gasteiger charge is 2.40. The molecule has 0 saturated carbocycles. The van der Waals surface area contributed by atoms with E-state index in [0.717, 1.165) is 5.56 Å². The van der Waals surface area contributed by atoms with E-state index in [2.05, 4.69) is 0 Å². The van der Waals surface area contributed by atoms with Gasteiger partial charge in [-0.25, -0.2) is 0 Å². The van der Waals surface area contributed by atoms with Crippen molar-refractivity contribution in [2.24, 2.45) is 11.1 Å². The Morgan fingerprint density at radius 1 is 1.14 bits per heavy atom. The second-order valence-electron chi connectivity index (χ2n) is 7.70. The van der Waals surface area contributed by atoms with E-state index in [1.165, 1.54) is 5.56 Å². The number of nitrogens with two attached hydrogens (primary N) is 1. The van der Waals surface area contributed by atoms with Gasteiger partial charge >= 0.3 is 5.97 Å². The number of benzene rings is 1. The standard InChI is InChI=1S/C18H28BNO2/c1-13-7-9-14(10-8-13)17(4,5)22-15(21)18(6,12-20)11-16(2,3)19/h7-10H,11-12,20H2,1-6H3. The van der Waals surface area contributed by atoms with Crippen LogP contribution in [0.4, 0.5) is 0 Å². The molecule has 2 N–H and O–H groups in total. The molecule has 0 saturated heterocycles. The van der Waals surface area contributed by atoms with E-state index in [-0.39, 0.29) is 12.5 Å². The third kappa shape index (κ3) is 4.87. The van der Waals surface area contributed by atoms with Crippen LogP contribution in [0.2, 0.25) is 5.31 Å². The van der Waals surface area contributed by atoms with Gasteiger partial charge in [0.05, 0.1) is 13.3 Å². The average Bonchev–Trinajstić information content (AvgIpc) is 2.36. The SMILES string of the molecule is [B]C(C)(C)CC(C)(CN)C(=O)OC(C)(C)c1ccc(C)cc1. The molecule has 1 aromatic rings. The summed E-state index contributed by atoms with van der Waals surface area (Å²) in [6.45, 7) is 11.6. The minimum Gasteiger partial charge on any atom is -0.454 e. The number of ether oxygens (including phenoxy) is 1. The number of esters is 1. The topological polar surface area (TPSA) is 52.3 Å². The van der Waals surface area contributed by atoms with Gasteiger partial charge in [0, 0.05) is 6.54 Å². The second kappa shape index (κ2) is 6.45. The van der Waals surface area contributed by atoms with E-state index in [4.69, 9.17) is 18.3 Å². The van der Waals surface area contributed by atoms with E-state index in [1.54, 1.807) is 0 Å². The highest BCUT2D eigenvalue weighted by molar-refractivity contribution is 6.14. The van der Waals surface area contributed by atoms with Crippen LogP contribution in [0.3, 0.4) is 0 Å². The predicted octanol–water partition coefficient (Wildman–Crippen LogP) is 3.50. The molecule has 0 spiro atoms. The van der Waals surface area contributed by atoms with E-state index in [9.17, 15) is 4.79 Å². The molecule has 2 radical (unpaired) electrons. The van der Waals surface area contributed by atoms with Crippen molar-refractivity contribution in [2.75, 3.05) is 6.54 Å². The number of hydrogen-bond donors (Lipinski definition) is 1. The monoisotopic (exact) mass is 301 g/mol. The summed E-state index contributed by atoms with van der Waals surface area (Å²) >= 11 is 0. The molecule has 0 aliphatic heterocycles. The molecule has 1 atom stereocenters. The fourth-order valence-corrected chi connectivity index (χ4v) is 2.60. The van der Waals surface area contributed by atoms with Gasteiger partial charge < -0.3 is 10.5 Å². The van der Waals surface area contributed by atoms with Gasteiger partial charge in [-0.05, 0) is 39.7 Å². The second-order valence-corrected chi connectivity index (χ2v) is 7.70. The lowest BCUT2D eigenvalue weighted by molar-refractivity contribution is -0.169. The van der Waals surface area contributed by atoms with Crippen molar-refractivity contribution in [3.63, 3.8) is 0 Å². The van der Waals surface area contributed by atoms with Crippen molar-refractivity contribution >= 4 is 13.8 Å². The first-order chi connectivity index (χ1) is 9.89. The Bertz CT molecular complexity index is 517. The fourth-order valence-electron chi connectivity index (χ4n) is 2.60. The van der Waals surface area contributed by atoms with Gasteiger partial charge in [-0.3, -0.25) is 4.79 Å². The molecule has 0 bridgehead atoms. The fraction of sp³-hybridized carbons (Fsp3) is 0.611. The summed E-state index contributed by atoms with van der Waals surface area (Å²) < 4.78 is 5.79. The van der Waals surface area contributed by atoms with Crippen molar-refractivity contribution in [3.8, 4) is 0 Å². The quantitative estimate of drug-likeness (QED) is 0.646. The van der Waals surface area contributed by atoms with E-state index >= 15 is 0 Å². The Kier molecular flexibility index (Phi) is 5.50. The Morgan fingerprint density at radius 3 is 2.05 bits per heavy atom. The normalized spacial score (nSPS) is 15.2. The zero-order chi connectivity index (χ0) is 17.2. The highest BCUT2D eigenvalue weighted by atomic mass is 16.6. The largest absolute Gasteiger partial charge is 0.454 e. The average molecular weight is 301 g/mol. The van der Waals surface area contributed by atoms with E-state index in [1.807, 2.05) is 65.8 Å². The van der Waals surface area contributed by atoms with Crippen molar-refractivity contribution in [3.05, 3.63) is 35.4 Å². The van der Waals surface area contributed by atoms with Gasteiger partial charge in [0.25, 0.3) is 0 Å². The van der Waals surface area contributed by atoms with Gasteiger partial charge in [0.15, 0.2) is 0 Å². The summed E-state index contributed by atoms with van der Waals surface area (Å²) in [6.07, 6.45) is 0.472. The lowest BCUT2D eigenvalue weighted by Crippen LogP contribution is -2.42. The lowest BCUT2D eigenvalue weighted by Gasteiger charge is -2.36. The molecule has 22 heavy (non-hydrogen) atoms. The van der Waals surface area contributed by atoms with Crippen LogP contribution in [-0.2, 0) is 15.1 Å². The Labute approximate surface area is 136 Å². The summed E-state index contributed by atoms with van der Waals surface area (Å²) in [6, 6.07) is 7.98. The van der Waals surface area contributed by atoms with Crippen LogP contribution >= 0.6 is 0 Å². The maximum absolute atomic E-state index is 12.7. The van der Waals surface area contributed by atoms with Crippen LogP contribution in [0, 0.1) is 12.3 Å². The Balaban J connectivity index is 2.95. The Hall–Kier alpha value is -1.29. The number of hydrogen-bond acceptors (Lipinski definition) is 3. The van der Waals surface area contributed by atoms with Crippen molar-refractivity contribution < 1.29 is 9.53 Å². The zero-order valence-electron chi connectivity index (χ0n) is 14.7. The lowest BCUT2D eigenvalue weighted by atomic mass is 9.63. The van der Waals surface area contributed by atoms with Crippen molar-refractivity contribution in [1.29, 1.82) is 0 Å². The van der Waals surface area contributed by atoms with Crippen LogP contribution in [0.1, 0.15) is 52.2 Å². The predicted molar refractivity (Wildman–Crippen MR) is 91.9 cm³/mol. The zero-order valence-corrected chi connectivity index (χ0v) is 14.7. The van der Waals surface area contributed by atoms with Crippen LogP contribution in [0.5, 0.6) is 0 Å². The summed E-state index contributed by atoms with van der Waals surface area (Å²) in [4.78, 5) is 12.7. The molecule has 1 aromatic carbocycles. The maximum atomic E-state index is 12.7. The highest BCUT2D eigenvalue weighted by Crippen LogP contribution is 2.38. The molecular formula is C18H28BNO2. The first kappa shape index (κ1) is 18.8. The smallest absolute Gasteiger partial charge is 0.313 e. The van der Waals surface area contributed by atoms with Crippen LogP contribution in [-0.4, -0.2) is 20.4 Å². The van der Waals surface area contributed by atoms with Gasteiger partial charge in [0.2, 0.25) is 0 Å². The number of carbonyl (C=O) groups is 1. The van der Waals surface area contributed by atoms with Gasteiger partial charge in [-0.15, -0.1) is 0 Å². The summed E-state index contributed by atoms with van der Waals surface area (Å²) in [5, 5.41) is -0.485. The van der Waals surface area contributed by atoms with Crippen molar-refractivity contribution in [1.82, 2.24) is 0 Å². The number of aryl methyl sites for hydroxylation is 1.